The third-order valence-electron chi connectivity index (χ3n) is 6.41. The van der Waals surface area contributed by atoms with Crippen LogP contribution in [0, 0.1) is 0 Å². The summed E-state index contributed by atoms with van der Waals surface area (Å²) in [6.07, 6.45) is 1.15. The third kappa shape index (κ3) is 3.19. The molecule has 0 radical (unpaired) electrons. The van der Waals surface area contributed by atoms with E-state index >= 15 is 0 Å². The van der Waals surface area contributed by atoms with Crippen molar-refractivity contribution in [2.75, 3.05) is 0 Å². The molecular formula is C29H26. The highest BCUT2D eigenvalue weighted by Gasteiger charge is 2.14. The van der Waals surface area contributed by atoms with E-state index in [1.54, 1.807) is 0 Å². The molecule has 0 aliphatic heterocycles. The quantitative estimate of drug-likeness (QED) is 0.277. The molecule has 2 atom stereocenters. The Morgan fingerprint density at radius 1 is 0.448 bits per heavy atom. The second-order valence-electron chi connectivity index (χ2n) is 8.34. The van der Waals surface area contributed by atoms with E-state index in [0.29, 0.717) is 11.8 Å². The molecule has 0 saturated heterocycles. The van der Waals surface area contributed by atoms with Crippen molar-refractivity contribution in [1.29, 1.82) is 0 Å². The van der Waals surface area contributed by atoms with Gasteiger partial charge in [-0.25, -0.2) is 0 Å². The summed E-state index contributed by atoms with van der Waals surface area (Å²) in [5.41, 5.74) is 2.86. The Hall–Kier alpha value is -3.12. The minimum absolute atomic E-state index is 0.514. The van der Waals surface area contributed by atoms with Gasteiger partial charge >= 0.3 is 0 Å². The van der Waals surface area contributed by atoms with Crippen LogP contribution in [0.1, 0.15) is 43.2 Å². The van der Waals surface area contributed by atoms with Gasteiger partial charge in [0.25, 0.3) is 0 Å². The molecule has 0 heterocycles. The van der Waals surface area contributed by atoms with Crippen LogP contribution in [0.25, 0.3) is 32.3 Å². The number of hydrogen-bond donors (Lipinski definition) is 0. The van der Waals surface area contributed by atoms with Crippen LogP contribution in [0.15, 0.2) is 97.1 Å². The molecule has 0 aromatic heterocycles. The fourth-order valence-electron chi connectivity index (χ4n) is 4.82. The zero-order valence-electron chi connectivity index (χ0n) is 17.1. The molecule has 0 bridgehead atoms. The summed E-state index contributed by atoms with van der Waals surface area (Å²) < 4.78 is 0. The van der Waals surface area contributed by atoms with Gasteiger partial charge in [0, 0.05) is 0 Å². The molecule has 5 aromatic carbocycles. The molecule has 0 spiro atoms. The van der Waals surface area contributed by atoms with Crippen molar-refractivity contribution in [2.24, 2.45) is 0 Å². The summed E-state index contributed by atoms with van der Waals surface area (Å²) in [5.74, 6) is 1.06. The van der Waals surface area contributed by atoms with Crippen molar-refractivity contribution >= 4 is 32.3 Å². The van der Waals surface area contributed by atoms with Crippen LogP contribution in [0.2, 0.25) is 0 Å². The minimum atomic E-state index is 0.514. The maximum Gasteiger partial charge on any atom is -0.00961 e. The third-order valence-corrected chi connectivity index (χ3v) is 6.41. The van der Waals surface area contributed by atoms with Crippen LogP contribution in [-0.2, 0) is 0 Å². The molecule has 5 aromatic rings. The molecule has 29 heavy (non-hydrogen) atoms. The molecule has 5 rings (SSSR count). The smallest absolute Gasteiger partial charge is 0.00961 e. The minimum Gasteiger partial charge on any atom is -0.0622 e. The standard InChI is InChI=1S/C29H26/c1-20(22-10-4-3-5-11-22)18-21(2)23-16-17-28-26-14-7-6-12-24(26)25-13-8-9-15-27(25)29(28)19-23/h3-17,19-21H,18H2,1-2H3. The van der Waals surface area contributed by atoms with Crippen LogP contribution in [0.5, 0.6) is 0 Å². The first-order valence-electron chi connectivity index (χ1n) is 10.6. The molecule has 0 nitrogen and oxygen atoms in total. The lowest BCUT2D eigenvalue weighted by molar-refractivity contribution is 0.593. The van der Waals surface area contributed by atoms with E-state index in [2.05, 4.69) is 111 Å². The lowest BCUT2D eigenvalue weighted by Gasteiger charge is -2.19. The monoisotopic (exact) mass is 374 g/mol. The second kappa shape index (κ2) is 7.37. The number of benzene rings is 5. The Kier molecular flexibility index (Phi) is 4.56. The molecule has 142 valence electrons. The maximum absolute atomic E-state index is 2.44. The highest BCUT2D eigenvalue weighted by Crippen LogP contribution is 2.37. The zero-order chi connectivity index (χ0) is 19.8. The van der Waals surface area contributed by atoms with Crippen LogP contribution < -0.4 is 0 Å². The van der Waals surface area contributed by atoms with Crippen molar-refractivity contribution in [2.45, 2.75) is 32.1 Å². The van der Waals surface area contributed by atoms with Gasteiger partial charge in [0.2, 0.25) is 0 Å². The van der Waals surface area contributed by atoms with Gasteiger partial charge in [0.1, 0.15) is 0 Å². The van der Waals surface area contributed by atoms with Gasteiger partial charge in [0.05, 0.1) is 0 Å². The first-order chi connectivity index (χ1) is 14.2. The summed E-state index contributed by atoms with van der Waals surface area (Å²) in [6, 6.07) is 35.6. The van der Waals surface area contributed by atoms with E-state index in [4.69, 9.17) is 0 Å². The second-order valence-corrected chi connectivity index (χ2v) is 8.34. The van der Waals surface area contributed by atoms with E-state index < -0.39 is 0 Å². The van der Waals surface area contributed by atoms with Gasteiger partial charge in [-0.2, -0.15) is 0 Å². The van der Waals surface area contributed by atoms with Crippen molar-refractivity contribution in [3.63, 3.8) is 0 Å². The molecule has 0 aliphatic carbocycles. The maximum atomic E-state index is 2.44. The average molecular weight is 375 g/mol. The van der Waals surface area contributed by atoms with E-state index in [0.717, 1.165) is 6.42 Å². The molecule has 0 fully saturated rings. The normalized spacial score (nSPS) is 13.7. The van der Waals surface area contributed by atoms with Crippen molar-refractivity contribution in [3.8, 4) is 0 Å². The predicted molar refractivity (Wildman–Crippen MR) is 127 cm³/mol. The first-order valence-corrected chi connectivity index (χ1v) is 10.6. The average Bonchev–Trinajstić information content (AvgIpc) is 2.79. The lowest BCUT2D eigenvalue weighted by Crippen LogP contribution is -2.01. The van der Waals surface area contributed by atoms with Gasteiger partial charge < -0.3 is 0 Å². The number of fused-ring (bicyclic) bond motifs is 6. The Morgan fingerprint density at radius 3 is 1.48 bits per heavy atom. The summed E-state index contributed by atoms with van der Waals surface area (Å²) in [6.45, 7) is 4.71. The molecule has 0 saturated carbocycles. The van der Waals surface area contributed by atoms with Crippen LogP contribution in [0.3, 0.4) is 0 Å². The first kappa shape index (κ1) is 17.9. The van der Waals surface area contributed by atoms with Crippen molar-refractivity contribution in [1.82, 2.24) is 0 Å². The van der Waals surface area contributed by atoms with Gasteiger partial charge in [-0.1, -0.05) is 111 Å². The van der Waals surface area contributed by atoms with Crippen LogP contribution in [-0.4, -0.2) is 0 Å². The van der Waals surface area contributed by atoms with E-state index in [-0.39, 0.29) is 0 Å². The summed E-state index contributed by atoms with van der Waals surface area (Å²) in [4.78, 5) is 0. The van der Waals surface area contributed by atoms with Crippen molar-refractivity contribution < 1.29 is 0 Å². The largest absolute Gasteiger partial charge is 0.0622 e. The SMILES string of the molecule is CC(CC(C)c1ccc2c3ccccc3c3ccccc3c2c1)c1ccccc1. The fourth-order valence-corrected chi connectivity index (χ4v) is 4.82. The summed E-state index contributed by atoms with van der Waals surface area (Å²) in [5, 5.41) is 8.11. The van der Waals surface area contributed by atoms with Crippen LogP contribution >= 0.6 is 0 Å². The highest BCUT2D eigenvalue weighted by atomic mass is 14.2. The van der Waals surface area contributed by atoms with E-state index in [1.165, 1.54) is 43.4 Å². The van der Waals surface area contributed by atoms with Gasteiger partial charge in [0.15, 0.2) is 0 Å². The predicted octanol–water partition coefficient (Wildman–Crippen LogP) is 8.44. The molecule has 0 aliphatic rings. The van der Waals surface area contributed by atoms with Gasteiger partial charge in [-0.15, -0.1) is 0 Å². The number of hydrogen-bond acceptors (Lipinski definition) is 0. The Bertz CT molecular complexity index is 1260. The molecule has 0 N–H and O–H groups in total. The highest BCUT2D eigenvalue weighted by molar-refractivity contribution is 6.25. The molecule has 2 unspecified atom stereocenters. The summed E-state index contributed by atoms with van der Waals surface area (Å²) in [7, 11) is 0. The molecular weight excluding hydrogens is 348 g/mol. The van der Waals surface area contributed by atoms with E-state index in [9.17, 15) is 0 Å². The molecule has 0 amide bonds. The lowest BCUT2D eigenvalue weighted by atomic mass is 9.85. The van der Waals surface area contributed by atoms with E-state index in [1.807, 2.05) is 0 Å². The van der Waals surface area contributed by atoms with Gasteiger partial charge in [-0.05, 0) is 61.7 Å². The zero-order valence-corrected chi connectivity index (χ0v) is 17.1. The Balaban J connectivity index is 1.61. The topological polar surface area (TPSA) is 0 Å². The van der Waals surface area contributed by atoms with Crippen LogP contribution in [0.4, 0.5) is 0 Å². The van der Waals surface area contributed by atoms with Gasteiger partial charge in [-0.3, -0.25) is 0 Å². The van der Waals surface area contributed by atoms with Crippen molar-refractivity contribution in [3.05, 3.63) is 108 Å². The fraction of sp³-hybridized carbons (Fsp3) is 0.172. The Labute approximate surface area is 172 Å². The summed E-state index contributed by atoms with van der Waals surface area (Å²) >= 11 is 0. The Morgan fingerprint density at radius 2 is 0.897 bits per heavy atom. The number of rotatable bonds is 4. The molecule has 0 heteroatoms.